The van der Waals surface area contributed by atoms with Crippen molar-refractivity contribution in [2.24, 2.45) is 28.2 Å². The molecule has 0 radical (unpaired) electrons. The van der Waals surface area contributed by atoms with E-state index < -0.39 is 28.6 Å². The molecule has 4 heteroatoms. The van der Waals surface area contributed by atoms with E-state index in [4.69, 9.17) is 11.5 Å². The first-order chi connectivity index (χ1) is 6.05. The number of amides is 2. The lowest BCUT2D eigenvalue weighted by molar-refractivity contribution is -0.138. The first-order valence-electron chi connectivity index (χ1n) is 4.64. The standard InChI is InChI=1S/C10H20N2O2/c1-6(7(11)13)9(2,3)10(4,5)8(12)14/h6H,1-5H3,(H2,11,13)(H2,12,14). The Kier molecular flexibility index (Phi) is 3.32. The van der Waals surface area contributed by atoms with Crippen LogP contribution < -0.4 is 11.5 Å². The van der Waals surface area contributed by atoms with E-state index >= 15 is 0 Å². The number of nitrogens with two attached hydrogens (primary N) is 2. The van der Waals surface area contributed by atoms with Gasteiger partial charge in [-0.15, -0.1) is 0 Å². The number of carbonyl (C=O) groups is 2. The van der Waals surface area contributed by atoms with Gasteiger partial charge >= 0.3 is 0 Å². The number of rotatable bonds is 4. The molecule has 0 aliphatic heterocycles. The van der Waals surface area contributed by atoms with Gasteiger partial charge in [0.05, 0.1) is 0 Å². The molecule has 0 aromatic carbocycles. The summed E-state index contributed by atoms with van der Waals surface area (Å²) in [6, 6.07) is 0. The molecule has 0 bridgehead atoms. The van der Waals surface area contributed by atoms with E-state index in [0.717, 1.165) is 0 Å². The Morgan fingerprint density at radius 2 is 1.43 bits per heavy atom. The van der Waals surface area contributed by atoms with Crippen LogP contribution in [0.2, 0.25) is 0 Å². The average Bonchev–Trinajstić information content (AvgIpc) is 2.01. The van der Waals surface area contributed by atoms with Gasteiger partial charge < -0.3 is 11.5 Å². The Morgan fingerprint density at radius 1 is 1.07 bits per heavy atom. The quantitative estimate of drug-likeness (QED) is 0.698. The molecule has 0 aliphatic carbocycles. The fourth-order valence-electron chi connectivity index (χ4n) is 1.21. The van der Waals surface area contributed by atoms with Crippen LogP contribution in [-0.2, 0) is 9.59 Å². The summed E-state index contributed by atoms with van der Waals surface area (Å²) in [6.45, 7) is 8.83. The van der Waals surface area contributed by atoms with Crippen LogP contribution in [0.1, 0.15) is 34.6 Å². The van der Waals surface area contributed by atoms with Gasteiger partial charge in [0.15, 0.2) is 0 Å². The average molecular weight is 200 g/mol. The van der Waals surface area contributed by atoms with Gasteiger partial charge in [-0.2, -0.15) is 0 Å². The van der Waals surface area contributed by atoms with Crippen LogP contribution in [0, 0.1) is 16.7 Å². The maximum Gasteiger partial charge on any atom is 0.223 e. The molecule has 0 fully saturated rings. The van der Waals surface area contributed by atoms with Crippen molar-refractivity contribution in [3.63, 3.8) is 0 Å². The van der Waals surface area contributed by atoms with Crippen molar-refractivity contribution < 1.29 is 9.59 Å². The molecule has 1 unspecified atom stereocenters. The van der Waals surface area contributed by atoms with Crippen LogP contribution >= 0.6 is 0 Å². The zero-order valence-electron chi connectivity index (χ0n) is 9.55. The predicted octanol–water partition coefficient (Wildman–Crippen LogP) is 0.645. The molecule has 0 aliphatic rings. The van der Waals surface area contributed by atoms with Crippen molar-refractivity contribution in [2.75, 3.05) is 0 Å². The van der Waals surface area contributed by atoms with Crippen molar-refractivity contribution in [2.45, 2.75) is 34.6 Å². The van der Waals surface area contributed by atoms with E-state index in [1.54, 1.807) is 20.8 Å². The number of hydrogen-bond acceptors (Lipinski definition) is 2. The van der Waals surface area contributed by atoms with Crippen molar-refractivity contribution >= 4 is 11.8 Å². The van der Waals surface area contributed by atoms with Gasteiger partial charge in [-0.05, 0) is 5.41 Å². The lowest BCUT2D eigenvalue weighted by Crippen LogP contribution is -2.50. The lowest BCUT2D eigenvalue weighted by atomic mass is 9.61. The maximum absolute atomic E-state index is 11.3. The van der Waals surface area contributed by atoms with Gasteiger partial charge in [0.25, 0.3) is 0 Å². The Bertz CT molecular complexity index is 257. The van der Waals surface area contributed by atoms with Crippen LogP contribution in [0.4, 0.5) is 0 Å². The normalized spacial score (nSPS) is 14.9. The second-order valence-electron chi connectivity index (χ2n) is 4.83. The van der Waals surface area contributed by atoms with Crippen LogP contribution in [0.25, 0.3) is 0 Å². The molecule has 2 amide bonds. The number of carbonyl (C=O) groups excluding carboxylic acids is 2. The molecule has 4 N–H and O–H groups in total. The van der Waals surface area contributed by atoms with Gasteiger partial charge in [-0.3, -0.25) is 9.59 Å². The van der Waals surface area contributed by atoms with Crippen molar-refractivity contribution in [3.05, 3.63) is 0 Å². The molecule has 0 heterocycles. The van der Waals surface area contributed by atoms with Crippen LogP contribution in [-0.4, -0.2) is 11.8 Å². The lowest BCUT2D eigenvalue weighted by Gasteiger charge is -2.42. The first kappa shape index (κ1) is 12.9. The van der Waals surface area contributed by atoms with Gasteiger partial charge in [0.1, 0.15) is 0 Å². The van der Waals surface area contributed by atoms with E-state index in [1.165, 1.54) is 0 Å². The first-order valence-corrected chi connectivity index (χ1v) is 4.64. The van der Waals surface area contributed by atoms with E-state index in [9.17, 15) is 9.59 Å². The second kappa shape index (κ2) is 3.59. The van der Waals surface area contributed by atoms with E-state index in [0.29, 0.717) is 0 Å². The maximum atomic E-state index is 11.3. The summed E-state index contributed by atoms with van der Waals surface area (Å²) in [5.41, 5.74) is 9.22. The van der Waals surface area contributed by atoms with Gasteiger partial charge in [0, 0.05) is 11.3 Å². The molecule has 14 heavy (non-hydrogen) atoms. The molecule has 0 spiro atoms. The molecule has 0 saturated heterocycles. The summed E-state index contributed by atoms with van der Waals surface area (Å²) in [5.74, 6) is -1.23. The van der Waals surface area contributed by atoms with E-state index in [2.05, 4.69) is 0 Å². The Morgan fingerprint density at radius 3 is 1.64 bits per heavy atom. The van der Waals surface area contributed by atoms with Crippen molar-refractivity contribution in [3.8, 4) is 0 Å². The van der Waals surface area contributed by atoms with E-state index in [1.807, 2.05) is 13.8 Å². The highest BCUT2D eigenvalue weighted by Gasteiger charge is 2.47. The zero-order valence-corrected chi connectivity index (χ0v) is 9.55. The minimum Gasteiger partial charge on any atom is -0.369 e. The zero-order chi connectivity index (χ0) is 11.7. The molecule has 0 aromatic rings. The number of hydrogen-bond donors (Lipinski definition) is 2. The molecule has 82 valence electrons. The molecular formula is C10H20N2O2. The Hall–Kier alpha value is -1.06. The van der Waals surface area contributed by atoms with Crippen molar-refractivity contribution in [1.82, 2.24) is 0 Å². The highest BCUT2D eigenvalue weighted by atomic mass is 16.2. The Labute approximate surface area is 85.0 Å². The summed E-state index contributed by atoms with van der Waals surface area (Å²) in [6.07, 6.45) is 0. The minimum absolute atomic E-state index is 0.398. The topological polar surface area (TPSA) is 86.2 Å². The second-order valence-corrected chi connectivity index (χ2v) is 4.83. The highest BCUT2D eigenvalue weighted by molar-refractivity contribution is 5.83. The van der Waals surface area contributed by atoms with Crippen LogP contribution in [0.3, 0.4) is 0 Å². The SMILES string of the molecule is CC(C(N)=O)C(C)(C)C(C)(C)C(N)=O. The summed E-state index contributed by atoms with van der Waals surface area (Å²) in [7, 11) is 0. The summed E-state index contributed by atoms with van der Waals surface area (Å²) >= 11 is 0. The summed E-state index contributed by atoms with van der Waals surface area (Å²) in [4.78, 5) is 22.4. The monoisotopic (exact) mass is 200 g/mol. The van der Waals surface area contributed by atoms with Crippen LogP contribution in [0.5, 0.6) is 0 Å². The third kappa shape index (κ3) is 1.89. The van der Waals surface area contributed by atoms with Crippen molar-refractivity contribution in [1.29, 1.82) is 0 Å². The third-order valence-corrected chi connectivity index (χ3v) is 3.74. The summed E-state index contributed by atoms with van der Waals surface area (Å²) in [5, 5.41) is 0. The molecule has 0 aromatic heterocycles. The fraction of sp³-hybridized carbons (Fsp3) is 0.800. The Balaban J connectivity index is 5.13. The van der Waals surface area contributed by atoms with Gasteiger partial charge in [-0.25, -0.2) is 0 Å². The van der Waals surface area contributed by atoms with Crippen LogP contribution in [0.15, 0.2) is 0 Å². The number of primary amides is 2. The fourth-order valence-corrected chi connectivity index (χ4v) is 1.21. The third-order valence-electron chi connectivity index (χ3n) is 3.74. The molecule has 0 rings (SSSR count). The van der Waals surface area contributed by atoms with Gasteiger partial charge in [-0.1, -0.05) is 34.6 Å². The summed E-state index contributed by atoms with van der Waals surface area (Å²) < 4.78 is 0. The minimum atomic E-state index is -0.762. The molecule has 0 saturated carbocycles. The highest BCUT2D eigenvalue weighted by Crippen LogP contribution is 2.44. The molecule has 1 atom stereocenters. The largest absolute Gasteiger partial charge is 0.369 e. The predicted molar refractivity (Wildman–Crippen MR) is 55.1 cm³/mol. The smallest absolute Gasteiger partial charge is 0.223 e. The molecule has 4 nitrogen and oxygen atoms in total. The molecular weight excluding hydrogens is 180 g/mol. The van der Waals surface area contributed by atoms with Gasteiger partial charge in [0.2, 0.25) is 11.8 Å². The van der Waals surface area contributed by atoms with E-state index in [-0.39, 0.29) is 0 Å².